The zero-order valence-electron chi connectivity index (χ0n) is 21.3. The van der Waals surface area contributed by atoms with Crippen molar-refractivity contribution >= 4 is 17.4 Å². The summed E-state index contributed by atoms with van der Waals surface area (Å²) in [5, 5.41) is 11.4. The van der Waals surface area contributed by atoms with E-state index in [-0.39, 0.29) is 11.3 Å². The second-order valence-electron chi connectivity index (χ2n) is 9.28. The zero-order valence-corrected chi connectivity index (χ0v) is 21.3. The van der Waals surface area contributed by atoms with Gasteiger partial charge in [0.1, 0.15) is 24.7 Å². The number of carbonyl (C=O) groups excluding carboxylic acids is 2. The molecule has 2 aromatic carbocycles. The number of aryl methyl sites for hydroxylation is 1. The van der Waals surface area contributed by atoms with Crippen LogP contribution in [0, 0.1) is 0 Å². The van der Waals surface area contributed by atoms with Crippen LogP contribution in [0.4, 0.5) is 0 Å². The van der Waals surface area contributed by atoms with E-state index < -0.39 is 17.7 Å². The molecule has 5 rings (SSSR count). The highest BCUT2D eigenvalue weighted by atomic mass is 16.6. The number of rotatable bonds is 10. The molecular formula is C29H31N3O6. The molecule has 3 aromatic rings. The first-order valence-electron chi connectivity index (χ1n) is 12.9. The van der Waals surface area contributed by atoms with Gasteiger partial charge in [0.15, 0.2) is 11.5 Å². The molecule has 2 aliphatic rings. The summed E-state index contributed by atoms with van der Waals surface area (Å²) in [7, 11) is 0. The molecule has 0 aliphatic carbocycles. The number of nitrogens with zero attached hydrogens (tertiary/aromatic N) is 3. The monoisotopic (exact) mass is 517 g/mol. The molecule has 1 amide bonds. The lowest BCUT2D eigenvalue weighted by Crippen LogP contribution is -2.31. The molecule has 0 saturated carbocycles. The molecule has 1 saturated heterocycles. The molecule has 2 aliphatic heterocycles. The Morgan fingerprint density at radius 3 is 2.71 bits per heavy atom. The molecule has 9 heteroatoms. The molecular weight excluding hydrogens is 486 g/mol. The summed E-state index contributed by atoms with van der Waals surface area (Å²) in [5.74, 6) is 0.0948. The molecule has 3 heterocycles. The van der Waals surface area contributed by atoms with Crippen molar-refractivity contribution in [1.82, 2.24) is 14.5 Å². The number of aliphatic hydroxyl groups excluding tert-OH is 1. The van der Waals surface area contributed by atoms with Gasteiger partial charge in [-0.1, -0.05) is 25.5 Å². The second kappa shape index (κ2) is 11.4. The van der Waals surface area contributed by atoms with Gasteiger partial charge in [0.25, 0.3) is 11.7 Å². The van der Waals surface area contributed by atoms with E-state index in [0.717, 1.165) is 12.8 Å². The van der Waals surface area contributed by atoms with Crippen molar-refractivity contribution in [2.45, 2.75) is 38.8 Å². The molecule has 0 bridgehead atoms. The summed E-state index contributed by atoms with van der Waals surface area (Å²) in [6.07, 6.45) is 7.79. The molecule has 0 spiro atoms. The molecule has 198 valence electrons. The molecule has 1 fully saturated rings. The Bertz CT molecular complexity index is 1330. The van der Waals surface area contributed by atoms with E-state index in [1.165, 1.54) is 4.90 Å². The largest absolute Gasteiger partial charge is 0.507 e. The van der Waals surface area contributed by atoms with Crippen LogP contribution in [0.3, 0.4) is 0 Å². The second-order valence-corrected chi connectivity index (χ2v) is 9.28. The number of fused-ring (bicyclic) bond motifs is 1. The van der Waals surface area contributed by atoms with Gasteiger partial charge in [0.05, 0.1) is 24.5 Å². The van der Waals surface area contributed by atoms with Gasteiger partial charge in [-0.2, -0.15) is 0 Å². The van der Waals surface area contributed by atoms with E-state index in [1.54, 1.807) is 30.7 Å². The Balaban J connectivity index is 1.52. The topological polar surface area (TPSA) is 103 Å². The lowest BCUT2D eigenvalue weighted by molar-refractivity contribution is -0.139. The average Bonchev–Trinajstić information content (AvgIpc) is 3.55. The minimum absolute atomic E-state index is 0.0417. The average molecular weight is 518 g/mol. The van der Waals surface area contributed by atoms with Gasteiger partial charge < -0.3 is 28.8 Å². The fourth-order valence-electron chi connectivity index (χ4n) is 4.75. The molecule has 0 radical (unpaired) electrons. The van der Waals surface area contributed by atoms with Crippen LogP contribution in [-0.4, -0.2) is 57.6 Å². The maximum atomic E-state index is 13.4. The van der Waals surface area contributed by atoms with E-state index in [4.69, 9.17) is 14.2 Å². The standard InChI is InChI=1S/C29H31N3O6/c1-2-3-14-36-22-7-4-6-20(17-22)26-25(27(33)21-8-9-23-24(18-21)38-16-15-37-23)28(34)29(35)32(26)12-5-11-31-13-10-30-19-31/h4,6-10,13,17-19,26,33H,2-3,5,11-12,14-16H2,1H3/t26-/m1/s1. The smallest absolute Gasteiger partial charge is 0.295 e. The van der Waals surface area contributed by atoms with Gasteiger partial charge >= 0.3 is 0 Å². The molecule has 1 atom stereocenters. The quantitative estimate of drug-likeness (QED) is 0.185. The number of aromatic nitrogens is 2. The zero-order chi connectivity index (χ0) is 26.5. The number of amides is 1. The van der Waals surface area contributed by atoms with Crippen molar-refractivity contribution in [2.75, 3.05) is 26.4 Å². The minimum Gasteiger partial charge on any atom is -0.507 e. The maximum absolute atomic E-state index is 13.4. The normalized spacial score (nSPS) is 18.1. The van der Waals surface area contributed by atoms with Gasteiger partial charge in [0.2, 0.25) is 0 Å². The number of ketones is 1. The van der Waals surface area contributed by atoms with E-state index in [1.807, 2.05) is 35.0 Å². The predicted molar refractivity (Wildman–Crippen MR) is 140 cm³/mol. The Morgan fingerprint density at radius 1 is 1.08 bits per heavy atom. The predicted octanol–water partition coefficient (Wildman–Crippen LogP) is 4.35. The van der Waals surface area contributed by atoms with Crippen LogP contribution < -0.4 is 14.2 Å². The van der Waals surface area contributed by atoms with E-state index in [2.05, 4.69) is 11.9 Å². The third-order valence-electron chi connectivity index (χ3n) is 6.67. The first-order valence-corrected chi connectivity index (χ1v) is 12.9. The summed E-state index contributed by atoms with van der Waals surface area (Å²) < 4.78 is 19.1. The first-order chi connectivity index (χ1) is 18.6. The van der Waals surface area contributed by atoms with Gasteiger partial charge in [-0.25, -0.2) is 4.98 Å². The molecule has 9 nitrogen and oxygen atoms in total. The van der Waals surface area contributed by atoms with Crippen molar-refractivity contribution in [3.8, 4) is 17.2 Å². The third kappa shape index (κ3) is 5.22. The van der Waals surface area contributed by atoms with Crippen LogP contribution in [0.25, 0.3) is 5.76 Å². The van der Waals surface area contributed by atoms with Crippen molar-refractivity contribution in [3.05, 3.63) is 77.9 Å². The van der Waals surface area contributed by atoms with Crippen LogP contribution in [0.5, 0.6) is 17.2 Å². The Labute approximate surface area is 221 Å². The summed E-state index contributed by atoms with van der Waals surface area (Å²) in [6, 6.07) is 11.6. The molecule has 1 N–H and O–H groups in total. The van der Waals surface area contributed by atoms with Crippen LogP contribution in [0.1, 0.15) is 43.4 Å². The first kappa shape index (κ1) is 25.4. The van der Waals surface area contributed by atoms with Gasteiger partial charge in [-0.15, -0.1) is 0 Å². The highest BCUT2D eigenvalue weighted by Crippen LogP contribution is 2.41. The fourth-order valence-corrected chi connectivity index (χ4v) is 4.75. The highest BCUT2D eigenvalue weighted by Gasteiger charge is 2.46. The van der Waals surface area contributed by atoms with Crippen LogP contribution in [0.2, 0.25) is 0 Å². The summed E-state index contributed by atoms with van der Waals surface area (Å²) in [5.41, 5.74) is 1.12. The minimum atomic E-state index is -0.763. The number of ether oxygens (including phenoxy) is 3. The number of unbranched alkanes of at least 4 members (excludes halogenated alkanes) is 1. The number of imidazole rings is 1. The van der Waals surface area contributed by atoms with Crippen LogP contribution in [0.15, 0.2) is 66.8 Å². The van der Waals surface area contributed by atoms with Gasteiger partial charge in [0, 0.05) is 31.0 Å². The van der Waals surface area contributed by atoms with Crippen molar-refractivity contribution < 1.29 is 28.9 Å². The van der Waals surface area contributed by atoms with Gasteiger partial charge in [-0.3, -0.25) is 9.59 Å². The maximum Gasteiger partial charge on any atom is 0.295 e. The lowest BCUT2D eigenvalue weighted by Gasteiger charge is -2.26. The van der Waals surface area contributed by atoms with Crippen molar-refractivity contribution in [3.63, 3.8) is 0 Å². The number of aliphatic hydroxyl groups is 1. The number of Topliss-reactive ketones (excluding diaryl/α,β-unsaturated/α-hetero) is 1. The van der Waals surface area contributed by atoms with E-state index >= 15 is 0 Å². The number of carbonyl (C=O) groups is 2. The summed E-state index contributed by atoms with van der Waals surface area (Å²) in [4.78, 5) is 32.3. The van der Waals surface area contributed by atoms with E-state index in [0.29, 0.717) is 67.7 Å². The van der Waals surface area contributed by atoms with E-state index in [9.17, 15) is 14.7 Å². The lowest BCUT2D eigenvalue weighted by atomic mass is 9.95. The number of benzene rings is 2. The highest BCUT2D eigenvalue weighted by molar-refractivity contribution is 6.46. The SMILES string of the molecule is CCCCOc1cccc([C@@H]2C(=C(O)c3ccc4c(c3)OCCO4)C(=O)C(=O)N2CCCn2ccnc2)c1. The third-order valence-corrected chi connectivity index (χ3v) is 6.67. The Hall–Kier alpha value is -4.27. The number of likely N-dealkylation sites (tertiary alicyclic amines) is 1. The summed E-state index contributed by atoms with van der Waals surface area (Å²) in [6.45, 7) is 4.46. The van der Waals surface area contributed by atoms with Gasteiger partial charge in [-0.05, 0) is 48.7 Å². The number of hydrogen-bond acceptors (Lipinski definition) is 7. The Kier molecular flexibility index (Phi) is 7.62. The Morgan fingerprint density at radius 2 is 1.92 bits per heavy atom. The summed E-state index contributed by atoms with van der Waals surface area (Å²) >= 11 is 0. The van der Waals surface area contributed by atoms with Crippen molar-refractivity contribution in [1.29, 1.82) is 0 Å². The van der Waals surface area contributed by atoms with Crippen LogP contribution in [-0.2, 0) is 16.1 Å². The molecule has 38 heavy (non-hydrogen) atoms. The number of hydrogen-bond donors (Lipinski definition) is 1. The van der Waals surface area contributed by atoms with Crippen LogP contribution >= 0.6 is 0 Å². The molecule has 0 unspecified atom stereocenters. The van der Waals surface area contributed by atoms with Crippen molar-refractivity contribution in [2.24, 2.45) is 0 Å². The molecule has 1 aromatic heterocycles. The fraction of sp³-hybridized carbons (Fsp3) is 0.345.